The minimum atomic E-state index is 0.380. The maximum Gasteiger partial charge on any atom is 0.0952 e. The molecule has 1 aromatic heterocycles. The zero-order chi connectivity index (χ0) is 12.1. The quantitative estimate of drug-likeness (QED) is 0.812. The number of ether oxygens (including phenoxy) is 1. The summed E-state index contributed by atoms with van der Waals surface area (Å²) in [5.41, 5.74) is 2.75. The average Bonchev–Trinajstić information content (AvgIpc) is 2.74. The Bertz CT molecular complexity index is 342. The second-order valence-electron chi connectivity index (χ2n) is 4.71. The summed E-state index contributed by atoms with van der Waals surface area (Å²) in [4.78, 5) is 4.52. The van der Waals surface area contributed by atoms with E-state index in [0.717, 1.165) is 26.1 Å². The van der Waals surface area contributed by atoms with Crippen molar-refractivity contribution in [3.63, 3.8) is 0 Å². The molecule has 1 atom stereocenters. The summed E-state index contributed by atoms with van der Waals surface area (Å²) in [5.74, 6) is 0. The van der Waals surface area contributed by atoms with Gasteiger partial charge in [-0.3, -0.25) is 0 Å². The van der Waals surface area contributed by atoms with Gasteiger partial charge in [0.15, 0.2) is 0 Å². The van der Waals surface area contributed by atoms with Crippen molar-refractivity contribution in [3.8, 4) is 0 Å². The molecule has 1 aliphatic rings. The van der Waals surface area contributed by atoms with E-state index in [9.17, 15) is 0 Å². The molecule has 1 unspecified atom stereocenters. The fourth-order valence-electron chi connectivity index (χ4n) is 2.59. The highest BCUT2D eigenvalue weighted by Gasteiger charge is 2.17. The third kappa shape index (κ3) is 3.07. The molecule has 0 aromatic carbocycles. The smallest absolute Gasteiger partial charge is 0.0952 e. The van der Waals surface area contributed by atoms with Gasteiger partial charge in [0.1, 0.15) is 0 Å². The van der Waals surface area contributed by atoms with Crippen LogP contribution in [0, 0.1) is 0 Å². The molecule has 17 heavy (non-hydrogen) atoms. The molecule has 1 N–H and O–H groups in total. The minimum absolute atomic E-state index is 0.380. The Hall–Kier alpha value is -0.870. The third-order valence-corrected chi connectivity index (χ3v) is 3.39. The highest BCUT2D eigenvalue weighted by atomic mass is 16.5. The van der Waals surface area contributed by atoms with Crippen LogP contribution in [0.25, 0.3) is 0 Å². The number of nitrogens with one attached hydrogen (secondary N) is 1. The molecule has 0 bridgehead atoms. The molecule has 0 aliphatic heterocycles. The topological polar surface area (TPSA) is 39.1 Å². The number of fused-ring (bicyclic) bond motifs is 1. The van der Waals surface area contributed by atoms with E-state index in [4.69, 9.17) is 4.74 Å². The maximum absolute atomic E-state index is 5.25. The minimum Gasteiger partial charge on any atom is -0.383 e. The number of nitrogens with zero attached hydrogens (tertiary/aromatic N) is 2. The van der Waals surface area contributed by atoms with Crippen molar-refractivity contribution in [1.29, 1.82) is 0 Å². The normalized spacial score (nSPS) is 16.8. The molecular weight excluding hydrogens is 214 g/mol. The van der Waals surface area contributed by atoms with Crippen LogP contribution >= 0.6 is 0 Å². The van der Waals surface area contributed by atoms with Gasteiger partial charge in [-0.25, -0.2) is 4.98 Å². The highest BCUT2D eigenvalue weighted by molar-refractivity contribution is 5.16. The number of aryl methyl sites for hydroxylation is 1. The van der Waals surface area contributed by atoms with E-state index in [1.54, 1.807) is 7.11 Å². The van der Waals surface area contributed by atoms with Gasteiger partial charge in [-0.05, 0) is 32.2 Å². The molecular formula is C13H23N3O. The van der Waals surface area contributed by atoms with Crippen molar-refractivity contribution < 1.29 is 4.74 Å². The molecule has 0 radical (unpaired) electrons. The van der Waals surface area contributed by atoms with Gasteiger partial charge in [-0.2, -0.15) is 0 Å². The summed E-state index contributed by atoms with van der Waals surface area (Å²) >= 11 is 0. The first-order valence-corrected chi connectivity index (χ1v) is 6.60. The van der Waals surface area contributed by atoms with E-state index >= 15 is 0 Å². The summed E-state index contributed by atoms with van der Waals surface area (Å²) in [6, 6.07) is 0.380. The molecule has 4 heteroatoms. The van der Waals surface area contributed by atoms with Crippen molar-refractivity contribution in [2.24, 2.45) is 0 Å². The van der Waals surface area contributed by atoms with Crippen LogP contribution in [0.1, 0.15) is 31.2 Å². The number of hydrogen-bond donors (Lipinski definition) is 1. The van der Waals surface area contributed by atoms with Crippen LogP contribution in [0.3, 0.4) is 0 Å². The number of imidazole rings is 1. The van der Waals surface area contributed by atoms with E-state index in [0.29, 0.717) is 6.04 Å². The molecule has 0 saturated heterocycles. The van der Waals surface area contributed by atoms with Gasteiger partial charge in [0, 0.05) is 25.4 Å². The van der Waals surface area contributed by atoms with E-state index in [1.807, 2.05) is 6.33 Å². The van der Waals surface area contributed by atoms with Crippen molar-refractivity contribution in [1.82, 2.24) is 14.9 Å². The van der Waals surface area contributed by atoms with E-state index in [1.165, 1.54) is 30.7 Å². The number of aromatic nitrogens is 2. The Morgan fingerprint density at radius 3 is 3.06 bits per heavy atom. The van der Waals surface area contributed by atoms with Crippen LogP contribution in [0.5, 0.6) is 0 Å². The molecule has 4 nitrogen and oxygen atoms in total. The third-order valence-electron chi connectivity index (χ3n) is 3.39. The second kappa shape index (κ2) is 6.17. The molecule has 1 aliphatic carbocycles. The monoisotopic (exact) mass is 237 g/mol. The van der Waals surface area contributed by atoms with Gasteiger partial charge in [0.25, 0.3) is 0 Å². The predicted octanol–water partition coefficient (Wildman–Crippen LogP) is 1.39. The van der Waals surface area contributed by atoms with Gasteiger partial charge in [-0.1, -0.05) is 6.92 Å². The highest BCUT2D eigenvalue weighted by Crippen LogP contribution is 2.19. The molecule has 0 saturated carbocycles. The predicted molar refractivity (Wildman–Crippen MR) is 68.2 cm³/mol. The lowest BCUT2D eigenvalue weighted by molar-refractivity contribution is 0.159. The largest absolute Gasteiger partial charge is 0.383 e. The van der Waals surface area contributed by atoms with Gasteiger partial charge >= 0.3 is 0 Å². The number of hydrogen-bond acceptors (Lipinski definition) is 3. The Morgan fingerprint density at radius 1 is 1.47 bits per heavy atom. The summed E-state index contributed by atoms with van der Waals surface area (Å²) in [6.45, 7) is 4.82. The van der Waals surface area contributed by atoms with Crippen LogP contribution < -0.4 is 5.32 Å². The van der Waals surface area contributed by atoms with Crippen molar-refractivity contribution in [2.75, 3.05) is 20.3 Å². The standard InChI is InChI=1S/C13H23N3O/c1-3-14-11(9-17-2)8-16-10-15-12-6-4-5-7-13(12)16/h10-11,14H,3-9H2,1-2H3. The Kier molecular flexibility index (Phi) is 4.57. The molecule has 2 rings (SSSR count). The molecule has 0 spiro atoms. The van der Waals surface area contributed by atoms with Crippen LogP contribution in [-0.4, -0.2) is 35.9 Å². The van der Waals surface area contributed by atoms with Crippen LogP contribution in [-0.2, 0) is 24.1 Å². The Labute approximate surface area is 103 Å². The summed E-state index contributed by atoms with van der Waals surface area (Å²) in [6.07, 6.45) is 6.92. The van der Waals surface area contributed by atoms with Crippen molar-refractivity contribution in [2.45, 2.75) is 45.2 Å². The van der Waals surface area contributed by atoms with Crippen molar-refractivity contribution >= 4 is 0 Å². The number of methoxy groups -OCH3 is 1. The lowest BCUT2D eigenvalue weighted by Crippen LogP contribution is -2.37. The molecule has 96 valence electrons. The first-order chi connectivity index (χ1) is 8.35. The molecule has 1 heterocycles. The molecule has 0 fully saturated rings. The fourth-order valence-corrected chi connectivity index (χ4v) is 2.59. The van der Waals surface area contributed by atoms with Gasteiger partial charge in [-0.15, -0.1) is 0 Å². The lowest BCUT2D eigenvalue weighted by Gasteiger charge is -2.20. The van der Waals surface area contributed by atoms with Crippen LogP contribution in [0.2, 0.25) is 0 Å². The first-order valence-electron chi connectivity index (χ1n) is 6.60. The average molecular weight is 237 g/mol. The van der Waals surface area contributed by atoms with Gasteiger partial charge in [0.2, 0.25) is 0 Å². The van der Waals surface area contributed by atoms with Crippen LogP contribution in [0.4, 0.5) is 0 Å². The lowest BCUT2D eigenvalue weighted by atomic mass is 10.0. The fraction of sp³-hybridized carbons (Fsp3) is 0.769. The van der Waals surface area contributed by atoms with Gasteiger partial charge in [0.05, 0.1) is 18.6 Å². The maximum atomic E-state index is 5.25. The Morgan fingerprint density at radius 2 is 2.29 bits per heavy atom. The SMILES string of the molecule is CCNC(COC)Cn1cnc2c1CCCC2. The zero-order valence-corrected chi connectivity index (χ0v) is 10.9. The first kappa shape index (κ1) is 12.6. The molecule has 1 aromatic rings. The summed E-state index contributed by atoms with van der Waals surface area (Å²) in [7, 11) is 1.76. The van der Waals surface area contributed by atoms with Crippen LogP contribution in [0.15, 0.2) is 6.33 Å². The number of likely N-dealkylation sites (N-methyl/N-ethyl adjacent to an activating group) is 1. The summed E-state index contributed by atoms with van der Waals surface area (Å²) < 4.78 is 7.56. The second-order valence-corrected chi connectivity index (χ2v) is 4.71. The van der Waals surface area contributed by atoms with E-state index < -0.39 is 0 Å². The van der Waals surface area contributed by atoms with Gasteiger partial charge < -0.3 is 14.6 Å². The van der Waals surface area contributed by atoms with Crippen molar-refractivity contribution in [3.05, 3.63) is 17.7 Å². The number of rotatable bonds is 6. The molecule has 0 amide bonds. The zero-order valence-electron chi connectivity index (χ0n) is 10.9. The summed E-state index contributed by atoms with van der Waals surface area (Å²) in [5, 5.41) is 3.46. The Balaban J connectivity index is 2.03. The van der Waals surface area contributed by atoms with E-state index in [2.05, 4.69) is 21.8 Å². The van der Waals surface area contributed by atoms with E-state index in [-0.39, 0.29) is 0 Å².